The van der Waals surface area contributed by atoms with Crippen LogP contribution in [-0.2, 0) is 19.3 Å². The summed E-state index contributed by atoms with van der Waals surface area (Å²) in [4.78, 5) is 16.9. The van der Waals surface area contributed by atoms with Gasteiger partial charge in [-0.3, -0.25) is 0 Å². The highest BCUT2D eigenvalue weighted by atomic mass is 15.0. The molecule has 2 atom stereocenters. The maximum atomic E-state index is 5.00. The molecule has 2 fully saturated rings. The Kier molecular flexibility index (Phi) is 5.71. The van der Waals surface area contributed by atoms with Gasteiger partial charge in [0.1, 0.15) is 11.6 Å². The molecule has 36 heavy (non-hydrogen) atoms. The van der Waals surface area contributed by atoms with E-state index in [0.29, 0.717) is 12.1 Å². The van der Waals surface area contributed by atoms with Crippen molar-refractivity contribution in [3.63, 3.8) is 0 Å². The van der Waals surface area contributed by atoms with Crippen molar-refractivity contribution in [1.29, 1.82) is 0 Å². The SMILES string of the molecule is c1cc(-c2cnc([C@@H]3CCCCN3)[nH]2)ccc1-c1ccc2c(c1)CCc1nc([C@@H]3CCCN3)[nH]c1C2. The molecule has 7 rings (SSSR count). The quantitative estimate of drug-likeness (QED) is 0.317. The second-order valence-electron chi connectivity index (χ2n) is 10.6. The van der Waals surface area contributed by atoms with E-state index in [9.17, 15) is 0 Å². The van der Waals surface area contributed by atoms with Gasteiger partial charge in [-0.15, -0.1) is 0 Å². The van der Waals surface area contributed by atoms with Crippen LogP contribution >= 0.6 is 0 Å². The minimum absolute atomic E-state index is 0.356. The third kappa shape index (κ3) is 4.18. The molecule has 0 bridgehead atoms. The molecule has 4 N–H and O–H groups in total. The van der Waals surface area contributed by atoms with Crippen molar-refractivity contribution in [3.05, 3.63) is 82.8 Å². The van der Waals surface area contributed by atoms with Gasteiger partial charge in [-0.05, 0) is 79.4 Å². The summed E-state index contributed by atoms with van der Waals surface area (Å²) in [6.45, 7) is 2.18. The second-order valence-corrected chi connectivity index (χ2v) is 10.6. The maximum absolute atomic E-state index is 5.00. The first-order chi connectivity index (χ1) is 17.8. The van der Waals surface area contributed by atoms with Crippen LogP contribution in [0.1, 0.15) is 78.4 Å². The second kappa shape index (κ2) is 9.34. The number of aryl methyl sites for hydroxylation is 2. The Bertz CT molecular complexity index is 1350. The molecule has 0 spiro atoms. The third-order valence-corrected chi connectivity index (χ3v) is 8.24. The number of nitrogens with zero attached hydrogens (tertiary/aromatic N) is 2. The molecule has 2 aliphatic heterocycles. The molecule has 3 aliphatic rings. The van der Waals surface area contributed by atoms with E-state index in [0.717, 1.165) is 56.1 Å². The van der Waals surface area contributed by atoms with Gasteiger partial charge < -0.3 is 20.6 Å². The normalized spacial score (nSPS) is 21.7. The van der Waals surface area contributed by atoms with Crippen molar-refractivity contribution in [1.82, 2.24) is 30.6 Å². The number of H-pyrrole nitrogens is 2. The van der Waals surface area contributed by atoms with E-state index in [2.05, 4.69) is 68.1 Å². The standard InChI is InChI=1S/C30H34N6/c1-2-14-31-25(4-1)29-33-18-28(36-29)20-8-6-19(7-9-20)21-10-11-23-17-27-24(13-12-22(23)16-21)34-30(35-27)26-5-3-15-32-26/h6-11,16,18,25-26,31-32H,1-5,12-15,17H2,(H,33,36)(H,34,35)/t25-,26-/m0/s1. The number of benzene rings is 2. The van der Waals surface area contributed by atoms with Crippen LogP contribution in [0.2, 0.25) is 0 Å². The topological polar surface area (TPSA) is 81.4 Å². The number of imidazole rings is 2. The van der Waals surface area contributed by atoms with Crippen molar-refractivity contribution in [3.8, 4) is 22.4 Å². The lowest BCUT2D eigenvalue weighted by molar-refractivity contribution is 0.399. The minimum Gasteiger partial charge on any atom is -0.344 e. The number of piperidine rings is 1. The van der Waals surface area contributed by atoms with E-state index in [4.69, 9.17) is 4.98 Å². The zero-order valence-electron chi connectivity index (χ0n) is 20.7. The maximum Gasteiger partial charge on any atom is 0.123 e. The lowest BCUT2D eigenvalue weighted by Crippen LogP contribution is -2.27. The molecule has 0 radical (unpaired) electrons. The van der Waals surface area contributed by atoms with Crippen molar-refractivity contribution in [2.45, 2.75) is 63.5 Å². The van der Waals surface area contributed by atoms with Crippen LogP contribution in [-0.4, -0.2) is 33.0 Å². The molecule has 6 nitrogen and oxygen atoms in total. The fraction of sp³-hybridized carbons (Fsp3) is 0.400. The van der Waals surface area contributed by atoms with E-state index in [1.165, 1.54) is 64.9 Å². The summed E-state index contributed by atoms with van der Waals surface area (Å²) in [5.41, 5.74) is 10.2. The van der Waals surface area contributed by atoms with E-state index < -0.39 is 0 Å². The summed E-state index contributed by atoms with van der Waals surface area (Å²) in [6.07, 6.45) is 11.1. The van der Waals surface area contributed by atoms with Crippen molar-refractivity contribution in [2.24, 2.45) is 0 Å². The molecule has 0 saturated carbocycles. The number of hydrogen-bond donors (Lipinski definition) is 4. The van der Waals surface area contributed by atoms with Gasteiger partial charge in [-0.1, -0.05) is 48.9 Å². The number of aromatic amines is 2. The smallest absolute Gasteiger partial charge is 0.123 e. The Balaban J connectivity index is 1.08. The third-order valence-electron chi connectivity index (χ3n) is 8.24. The van der Waals surface area contributed by atoms with Crippen molar-refractivity contribution in [2.75, 3.05) is 13.1 Å². The summed E-state index contributed by atoms with van der Waals surface area (Å²) >= 11 is 0. The van der Waals surface area contributed by atoms with E-state index in [1.807, 2.05) is 6.20 Å². The first-order valence-corrected chi connectivity index (χ1v) is 13.6. The molecule has 0 amide bonds. The lowest BCUT2D eigenvalue weighted by atomic mass is 9.95. The highest BCUT2D eigenvalue weighted by Gasteiger charge is 2.24. The van der Waals surface area contributed by atoms with Crippen LogP contribution in [0, 0.1) is 0 Å². The van der Waals surface area contributed by atoms with Gasteiger partial charge in [0.2, 0.25) is 0 Å². The molecule has 184 valence electrons. The lowest BCUT2D eigenvalue weighted by Gasteiger charge is -2.21. The Labute approximate surface area is 212 Å². The Hall–Kier alpha value is -3.22. The van der Waals surface area contributed by atoms with Crippen LogP contribution in [0.15, 0.2) is 48.7 Å². The summed E-state index contributed by atoms with van der Waals surface area (Å²) < 4.78 is 0. The van der Waals surface area contributed by atoms with Crippen molar-refractivity contribution < 1.29 is 0 Å². The van der Waals surface area contributed by atoms with E-state index >= 15 is 0 Å². The van der Waals surface area contributed by atoms with Crippen LogP contribution in [0.3, 0.4) is 0 Å². The molecule has 2 saturated heterocycles. The molecular formula is C30H34N6. The molecule has 2 aromatic carbocycles. The Morgan fingerprint density at radius 2 is 1.47 bits per heavy atom. The molecule has 0 unspecified atom stereocenters. The summed E-state index contributed by atoms with van der Waals surface area (Å²) in [5.74, 6) is 2.20. The first kappa shape index (κ1) is 22.0. The minimum atomic E-state index is 0.356. The molecular weight excluding hydrogens is 444 g/mol. The highest BCUT2D eigenvalue weighted by Crippen LogP contribution is 2.31. The first-order valence-electron chi connectivity index (χ1n) is 13.6. The fourth-order valence-electron chi connectivity index (χ4n) is 6.15. The number of rotatable bonds is 4. The van der Waals surface area contributed by atoms with Crippen molar-refractivity contribution >= 4 is 0 Å². The van der Waals surface area contributed by atoms with Gasteiger partial charge in [0.25, 0.3) is 0 Å². The molecule has 2 aromatic heterocycles. The predicted molar refractivity (Wildman–Crippen MR) is 143 cm³/mol. The zero-order valence-corrected chi connectivity index (χ0v) is 20.7. The average molecular weight is 479 g/mol. The fourth-order valence-corrected chi connectivity index (χ4v) is 6.15. The Morgan fingerprint density at radius 3 is 2.31 bits per heavy atom. The number of fused-ring (bicyclic) bond motifs is 2. The monoisotopic (exact) mass is 478 g/mol. The molecule has 4 heterocycles. The number of nitrogens with one attached hydrogen (secondary N) is 4. The van der Waals surface area contributed by atoms with Gasteiger partial charge in [0.05, 0.1) is 29.7 Å². The number of hydrogen-bond acceptors (Lipinski definition) is 4. The van der Waals surface area contributed by atoms with Crippen LogP contribution in [0.25, 0.3) is 22.4 Å². The number of aromatic nitrogens is 4. The molecule has 1 aliphatic carbocycles. The largest absolute Gasteiger partial charge is 0.344 e. The van der Waals surface area contributed by atoms with Crippen LogP contribution in [0.5, 0.6) is 0 Å². The van der Waals surface area contributed by atoms with Crippen LogP contribution in [0.4, 0.5) is 0 Å². The highest BCUT2D eigenvalue weighted by molar-refractivity contribution is 5.69. The zero-order chi connectivity index (χ0) is 23.9. The van der Waals surface area contributed by atoms with Gasteiger partial charge in [-0.2, -0.15) is 0 Å². The van der Waals surface area contributed by atoms with Gasteiger partial charge in [0, 0.05) is 12.1 Å². The summed E-state index contributed by atoms with van der Waals surface area (Å²) in [7, 11) is 0. The Morgan fingerprint density at radius 1 is 0.694 bits per heavy atom. The molecule has 4 aromatic rings. The predicted octanol–water partition coefficient (Wildman–Crippen LogP) is 5.40. The molecule has 6 heteroatoms. The van der Waals surface area contributed by atoms with Gasteiger partial charge in [-0.25, -0.2) is 9.97 Å². The van der Waals surface area contributed by atoms with Gasteiger partial charge in [0.15, 0.2) is 0 Å². The van der Waals surface area contributed by atoms with Crippen LogP contribution < -0.4 is 10.6 Å². The summed E-state index contributed by atoms with van der Waals surface area (Å²) in [6, 6.07) is 16.6. The van der Waals surface area contributed by atoms with E-state index in [-0.39, 0.29) is 0 Å². The van der Waals surface area contributed by atoms with E-state index in [1.54, 1.807) is 0 Å². The van der Waals surface area contributed by atoms with Gasteiger partial charge >= 0.3 is 0 Å². The summed E-state index contributed by atoms with van der Waals surface area (Å²) in [5, 5.41) is 7.15. The average Bonchev–Trinajstić information content (AvgIpc) is 3.69.